The number of rotatable bonds is 7. The Morgan fingerprint density at radius 1 is 0.700 bits per heavy atom. The Morgan fingerprint density at radius 2 is 1.35 bits per heavy atom. The van der Waals surface area contributed by atoms with E-state index in [-0.39, 0.29) is 18.3 Å². The lowest BCUT2D eigenvalue weighted by molar-refractivity contribution is 0.00578. The molecule has 310 valence electrons. The molecule has 5 aliphatic carbocycles. The van der Waals surface area contributed by atoms with E-state index in [9.17, 15) is 0 Å². The van der Waals surface area contributed by atoms with Crippen molar-refractivity contribution in [1.29, 1.82) is 0 Å². The molecule has 1 atom stereocenters. The van der Waals surface area contributed by atoms with E-state index in [4.69, 9.17) is 14.3 Å². The monoisotopic (exact) mass is 798 g/mol. The number of imidazole rings is 1. The third-order valence-electron chi connectivity index (χ3n) is 17.7. The quantitative estimate of drug-likeness (QED) is 0.167. The second kappa shape index (κ2) is 13.4. The largest absolute Gasteiger partial charge is 0.495 e. The average Bonchev–Trinajstić information content (AvgIpc) is 3.95. The van der Waals surface area contributed by atoms with Crippen LogP contribution in [0.2, 0.25) is 0 Å². The van der Waals surface area contributed by atoms with Crippen molar-refractivity contribution in [1.82, 2.24) is 14.9 Å². The summed E-state index contributed by atoms with van der Waals surface area (Å²) in [6.07, 6.45) is 20.7. The first-order chi connectivity index (χ1) is 28.9. The van der Waals surface area contributed by atoms with Gasteiger partial charge in [0.1, 0.15) is 5.82 Å². The minimum Gasteiger partial charge on any atom is -0.399 e. The molecule has 0 radical (unpaired) electrons. The fourth-order valence-corrected chi connectivity index (χ4v) is 13.5. The summed E-state index contributed by atoms with van der Waals surface area (Å²) in [4.78, 5) is 12.0. The molecule has 3 saturated carbocycles. The number of fused-ring (bicyclic) bond motifs is 3. The van der Waals surface area contributed by atoms with Crippen LogP contribution in [0.15, 0.2) is 66.7 Å². The smallest absolute Gasteiger partial charge is 0.399 e. The van der Waals surface area contributed by atoms with Crippen molar-refractivity contribution in [2.75, 3.05) is 13.1 Å². The zero-order chi connectivity index (χ0) is 40.6. The van der Waals surface area contributed by atoms with Gasteiger partial charge in [-0.3, -0.25) is 4.90 Å². The molecule has 12 rings (SSSR count). The summed E-state index contributed by atoms with van der Waals surface area (Å²) in [6.45, 7) is 13.5. The van der Waals surface area contributed by atoms with Gasteiger partial charge in [-0.05, 0) is 201 Å². The number of aryl methyl sites for hydroxylation is 1. The topological polar surface area (TPSA) is 50.4 Å². The molecule has 1 aromatic heterocycles. The highest BCUT2D eigenvalue weighted by atomic mass is 16.7. The van der Waals surface area contributed by atoms with Crippen LogP contribution in [0.4, 0.5) is 0 Å². The number of hydrogen-bond acceptors (Lipinski definition) is 4. The molecular weight excluding hydrogens is 733 g/mol. The number of aromatic amines is 1. The first-order valence-corrected chi connectivity index (χ1v) is 23.9. The van der Waals surface area contributed by atoms with Gasteiger partial charge in [-0.1, -0.05) is 80.3 Å². The zero-order valence-electron chi connectivity index (χ0n) is 36.9. The molecule has 1 N–H and O–H groups in total. The Labute approximate surface area is 358 Å². The van der Waals surface area contributed by atoms with E-state index in [2.05, 4.69) is 111 Å². The highest BCUT2D eigenvalue weighted by Gasteiger charge is 2.55. The third-order valence-corrected chi connectivity index (χ3v) is 17.7. The van der Waals surface area contributed by atoms with E-state index in [1.807, 2.05) is 0 Å². The number of benzene rings is 4. The lowest BCUT2D eigenvalue weighted by atomic mass is 9.73. The molecule has 3 heterocycles. The highest BCUT2D eigenvalue weighted by molar-refractivity contribution is 6.62. The van der Waals surface area contributed by atoms with Crippen LogP contribution in [0, 0.1) is 23.2 Å². The standard InChI is InChI=1S/C54H64BN3O2/c1-35-27-39(37-15-18-45-46(28-37)57-49(56-45)47-33-54(24-25-54)34-58(47)26-19-36-13-7-6-8-14-36)41-30-53(22-11-12-23-53)32-43(41)48(35)38-16-17-44(55-59-50(2,3)51(4,5)60-55)42-31-52(29-40(38)42)20-9-10-21-52/h6-8,13-18,27-28,47H,9-12,19-26,29-34H2,1-5H3,(H,56,57). The van der Waals surface area contributed by atoms with Gasteiger partial charge in [-0.2, -0.15) is 0 Å². The van der Waals surface area contributed by atoms with Crippen LogP contribution in [0.5, 0.6) is 0 Å². The number of nitrogens with one attached hydrogen (secondary N) is 1. The van der Waals surface area contributed by atoms with E-state index < -0.39 is 0 Å². The van der Waals surface area contributed by atoms with Crippen molar-refractivity contribution >= 4 is 23.6 Å². The van der Waals surface area contributed by atoms with Gasteiger partial charge in [0, 0.05) is 13.1 Å². The summed E-state index contributed by atoms with van der Waals surface area (Å²) in [7, 11) is -0.316. The van der Waals surface area contributed by atoms with E-state index in [0.717, 1.165) is 24.9 Å². The summed E-state index contributed by atoms with van der Waals surface area (Å²) in [5.41, 5.74) is 19.2. The highest BCUT2D eigenvalue weighted by Crippen LogP contribution is 2.59. The Hall–Kier alpha value is -3.71. The van der Waals surface area contributed by atoms with Gasteiger partial charge in [0.15, 0.2) is 0 Å². The van der Waals surface area contributed by atoms with Gasteiger partial charge < -0.3 is 14.3 Å². The normalized spacial score (nSPS) is 25.1. The second-order valence-electron chi connectivity index (χ2n) is 22.2. The summed E-state index contributed by atoms with van der Waals surface area (Å²) < 4.78 is 13.5. The second-order valence-corrected chi connectivity index (χ2v) is 22.2. The number of aromatic nitrogens is 2. The summed E-state index contributed by atoms with van der Waals surface area (Å²) in [6, 6.07) is 26.0. The van der Waals surface area contributed by atoms with Crippen molar-refractivity contribution in [3.05, 3.63) is 106 Å². The lowest BCUT2D eigenvalue weighted by Crippen LogP contribution is -2.41. The van der Waals surface area contributed by atoms with Gasteiger partial charge in [0.25, 0.3) is 0 Å². The van der Waals surface area contributed by atoms with E-state index in [1.165, 1.54) is 147 Å². The summed E-state index contributed by atoms with van der Waals surface area (Å²) in [5.74, 6) is 1.17. The van der Waals surface area contributed by atoms with Crippen molar-refractivity contribution in [3.63, 3.8) is 0 Å². The maximum atomic E-state index is 6.77. The molecule has 5 nitrogen and oxygen atoms in total. The number of likely N-dealkylation sites (tertiary alicyclic amines) is 1. The molecule has 0 amide bonds. The van der Waals surface area contributed by atoms with Gasteiger partial charge in [-0.15, -0.1) is 0 Å². The van der Waals surface area contributed by atoms with Crippen molar-refractivity contribution in [2.45, 2.75) is 155 Å². The molecule has 4 aromatic carbocycles. The van der Waals surface area contributed by atoms with E-state index >= 15 is 0 Å². The molecule has 3 spiro atoms. The minimum atomic E-state index is -0.352. The SMILES string of the molecule is Cc1cc(-c2ccc3nc(C4CC5(CC5)CN4CCc4ccccc4)[nH]c3c2)c2c(c1-c1ccc(B3OC(C)(C)C(C)(C)O3)c3c1CC1(CCCC1)C3)CC1(CCCC1)C2. The predicted octanol–water partition coefficient (Wildman–Crippen LogP) is 11.6. The summed E-state index contributed by atoms with van der Waals surface area (Å²) in [5, 5.41) is 0. The molecule has 5 aromatic rings. The minimum absolute atomic E-state index is 0.316. The molecule has 2 aliphatic heterocycles. The summed E-state index contributed by atoms with van der Waals surface area (Å²) >= 11 is 0. The molecular formula is C54H64BN3O2. The molecule has 5 fully saturated rings. The van der Waals surface area contributed by atoms with Gasteiger partial charge in [0.05, 0.1) is 28.3 Å². The Kier molecular flexibility index (Phi) is 8.49. The maximum Gasteiger partial charge on any atom is 0.495 e. The zero-order valence-corrected chi connectivity index (χ0v) is 36.9. The van der Waals surface area contributed by atoms with Crippen LogP contribution < -0.4 is 5.46 Å². The first kappa shape index (κ1) is 38.0. The maximum absolute atomic E-state index is 6.77. The Morgan fingerprint density at radius 3 is 2.03 bits per heavy atom. The number of H-pyrrole nitrogens is 1. The van der Waals surface area contributed by atoms with Crippen LogP contribution in [0.1, 0.15) is 144 Å². The predicted molar refractivity (Wildman–Crippen MR) is 245 cm³/mol. The van der Waals surface area contributed by atoms with Gasteiger partial charge in [0.2, 0.25) is 0 Å². The lowest BCUT2D eigenvalue weighted by Gasteiger charge is -2.32. The molecule has 2 saturated heterocycles. The van der Waals surface area contributed by atoms with Crippen LogP contribution in [-0.2, 0) is 41.4 Å². The van der Waals surface area contributed by atoms with Crippen molar-refractivity contribution in [2.24, 2.45) is 16.2 Å². The average molecular weight is 798 g/mol. The van der Waals surface area contributed by atoms with Crippen molar-refractivity contribution < 1.29 is 9.31 Å². The first-order valence-electron chi connectivity index (χ1n) is 23.9. The Balaban J connectivity index is 0.928. The van der Waals surface area contributed by atoms with E-state index in [0.29, 0.717) is 22.3 Å². The molecule has 60 heavy (non-hydrogen) atoms. The molecule has 0 bridgehead atoms. The Bertz CT molecular complexity index is 2500. The van der Waals surface area contributed by atoms with Crippen LogP contribution in [0.3, 0.4) is 0 Å². The third kappa shape index (κ3) is 6.08. The van der Waals surface area contributed by atoms with Gasteiger partial charge in [-0.25, -0.2) is 4.98 Å². The van der Waals surface area contributed by atoms with Crippen LogP contribution in [-0.4, -0.2) is 46.3 Å². The van der Waals surface area contributed by atoms with E-state index in [1.54, 1.807) is 22.3 Å². The number of hydrogen-bond donors (Lipinski definition) is 1. The molecule has 6 heteroatoms. The molecule has 1 unspecified atom stereocenters. The fourth-order valence-electron chi connectivity index (χ4n) is 13.5. The fraction of sp³-hybridized carbons (Fsp3) is 0.537. The number of nitrogens with zero attached hydrogens (tertiary/aromatic N) is 2. The van der Waals surface area contributed by atoms with Crippen LogP contribution >= 0.6 is 0 Å². The van der Waals surface area contributed by atoms with Crippen LogP contribution in [0.25, 0.3) is 33.3 Å². The van der Waals surface area contributed by atoms with Gasteiger partial charge >= 0.3 is 7.12 Å². The van der Waals surface area contributed by atoms with Crippen molar-refractivity contribution in [3.8, 4) is 22.3 Å². The molecule has 7 aliphatic rings.